The average molecular weight is 419 g/mol. The molecule has 3 nitrogen and oxygen atoms in total. The third kappa shape index (κ3) is 3.23. The van der Waals surface area contributed by atoms with Crippen molar-refractivity contribution < 1.29 is 14.0 Å². The van der Waals surface area contributed by atoms with Gasteiger partial charge < -0.3 is 4.43 Å². The smallest absolute Gasteiger partial charge is 0.192 e. The van der Waals surface area contributed by atoms with Gasteiger partial charge in [-0.2, -0.15) is 0 Å². The van der Waals surface area contributed by atoms with Crippen LogP contribution in [0.1, 0.15) is 86.0 Å². The number of Topliss-reactive ketones (excluding diaryl/α,β-unsaturated/α-hetero) is 2. The lowest BCUT2D eigenvalue weighted by atomic mass is 9.45. The summed E-state index contributed by atoms with van der Waals surface area (Å²) in [6.45, 7) is 16.2. The maximum atomic E-state index is 13.4. The first kappa shape index (κ1) is 21.7. The highest BCUT2D eigenvalue weighted by Gasteiger charge is 2.62. The van der Waals surface area contributed by atoms with Crippen molar-refractivity contribution in [3.05, 3.63) is 0 Å². The second kappa shape index (κ2) is 6.76. The van der Waals surface area contributed by atoms with E-state index in [4.69, 9.17) is 4.43 Å². The summed E-state index contributed by atoms with van der Waals surface area (Å²) in [5, 5.41) is 0.207. The number of hydrogen-bond donors (Lipinski definition) is 0. The van der Waals surface area contributed by atoms with E-state index in [1.165, 1.54) is 0 Å². The summed E-state index contributed by atoms with van der Waals surface area (Å²) in [6.07, 6.45) is 8.02. The van der Waals surface area contributed by atoms with Crippen molar-refractivity contribution >= 4 is 19.9 Å². The molecule has 0 radical (unpaired) electrons. The number of rotatable bonds is 2. The van der Waals surface area contributed by atoms with Crippen LogP contribution in [-0.2, 0) is 14.0 Å². The van der Waals surface area contributed by atoms with E-state index in [1.54, 1.807) is 0 Å². The topological polar surface area (TPSA) is 43.4 Å². The summed E-state index contributed by atoms with van der Waals surface area (Å²) in [5.74, 6) is 2.59. The lowest BCUT2D eigenvalue weighted by Crippen LogP contribution is -2.58. The van der Waals surface area contributed by atoms with Crippen molar-refractivity contribution in [1.29, 1.82) is 0 Å². The van der Waals surface area contributed by atoms with Crippen molar-refractivity contribution in [3.8, 4) is 0 Å². The molecule has 0 aromatic heterocycles. The molecular weight excluding hydrogens is 376 g/mol. The van der Waals surface area contributed by atoms with Crippen molar-refractivity contribution in [3.63, 3.8) is 0 Å². The first-order valence-corrected chi connectivity index (χ1v) is 14.9. The predicted molar refractivity (Wildman–Crippen MR) is 119 cm³/mol. The molecule has 0 bridgehead atoms. The SMILES string of the molecule is CC(C)(C)[Si](C)(C)O[C@H]1CC[C@@]2(C)C(C1)C(=O)C[C@@H]1[C@@H]2CC[C@]2(C)C(=O)CC[C@@H]12. The van der Waals surface area contributed by atoms with Gasteiger partial charge in [0.1, 0.15) is 11.6 Å². The monoisotopic (exact) mass is 418 g/mol. The molecule has 0 aromatic carbocycles. The summed E-state index contributed by atoms with van der Waals surface area (Å²) < 4.78 is 6.76. The summed E-state index contributed by atoms with van der Waals surface area (Å²) in [5.41, 5.74) is -0.0342. The largest absolute Gasteiger partial charge is 0.414 e. The molecule has 0 heterocycles. The Kier molecular flexibility index (Phi) is 5.06. The Morgan fingerprint density at radius 3 is 2.34 bits per heavy atom. The molecule has 4 aliphatic carbocycles. The Labute approximate surface area is 178 Å². The standard InChI is InChI=1S/C25H42O3Si/c1-23(2,3)29(6,7)28-16-10-12-24(4)19-11-13-25(5)18(8-9-22(25)27)17(19)15-21(26)20(24)14-16/h16-20H,8-15H2,1-7H3/t16-,17-,18-,19-,20?,24+,25-/m0/s1. The summed E-state index contributed by atoms with van der Waals surface area (Å²) in [6, 6.07) is 0. The zero-order valence-electron chi connectivity index (χ0n) is 19.8. The van der Waals surface area contributed by atoms with Crippen LogP contribution in [0.25, 0.3) is 0 Å². The molecule has 4 rings (SSSR count). The molecule has 4 fully saturated rings. The van der Waals surface area contributed by atoms with Gasteiger partial charge in [0.25, 0.3) is 0 Å². The van der Waals surface area contributed by atoms with Gasteiger partial charge in [-0.3, -0.25) is 9.59 Å². The minimum atomic E-state index is -1.81. The van der Waals surface area contributed by atoms with E-state index in [0.717, 1.165) is 44.9 Å². The second-order valence-electron chi connectivity index (χ2n) is 12.8. The van der Waals surface area contributed by atoms with Gasteiger partial charge in [0.15, 0.2) is 8.32 Å². The van der Waals surface area contributed by atoms with E-state index in [2.05, 4.69) is 47.7 Å². The molecule has 0 spiro atoms. The lowest BCUT2D eigenvalue weighted by Gasteiger charge is -2.59. The van der Waals surface area contributed by atoms with Gasteiger partial charge in [0.2, 0.25) is 0 Å². The number of carbonyl (C=O) groups excluding carboxylic acids is 2. The third-order valence-corrected chi connectivity index (χ3v) is 14.9. The van der Waals surface area contributed by atoms with Gasteiger partial charge in [0, 0.05) is 30.3 Å². The molecule has 4 heteroatoms. The van der Waals surface area contributed by atoms with Crippen LogP contribution in [0.5, 0.6) is 0 Å². The number of ketones is 2. The second-order valence-corrected chi connectivity index (χ2v) is 17.6. The minimum absolute atomic E-state index is 0.111. The molecular formula is C25H42O3Si. The minimum Gasteiger partial charge on any atom is -0.414 e. The highest BCUT2D eigenvalue weighted by atomic mass is 28.4. The highest BCUT2D eigenvalue weighted by Crippen LogP contribution is 2.65. The normalized spacial score (nSPS) is 45.6. The Bertz CT molecular complexity index is 707. The first-order valence-electron chi connectivity index (χ1n) is 12.0. The summed E-state index contributed by atoms with van der Waals surface area (Å²) in [4.78, 5) is 26.1. The van der Waals surface area contributed by atoms with Gasteiger partial charge in [-0.1, -0.05) is 34.6 Å². The summed E-state index contributed by atoms with van der Waals surface area (Å²) >= 11 is 0. The molecule has 4 aliphatic rings. The van der Waals surface area contributed by atoms with Crippen LogP contribution < -0.4 is 0 Å². The fraction of sp³-hybridized carbons (Fsp3) is 0.920. The Balaban J connectivity index is 1.54. The average Bonchev–Trinajstić information content (AvgIpc) is 2.90. The molecule has 0 saturated heterocycles. The molecule has 29 heavy (non-hydrogen) atoms. The molecule has 4 saturated carbocycles. The molecule has 7 atom stereocenters. The van der Waals surface area contributed by atoms with Gasteiger partial charge in [0.05, 0.1) is 0 Å². The van der Waals surface area contributed by atoms with E-state index >= 15 is 0 Å². The van der Waals surface area contributed by atoms with Gasteiger partial charge in [-0.15, -0.1) is 0 Å². The Morgan fingerprint density at radius 1 is 1.00 bits per heavy atom. The van der Waals surface area contributed by atoms with Crippen LogP contribution >= 0.6 is 0 Å². The predicted octanol–water partition coefficient (Wildman–Crippen LogP) is 6.17. The van der Waals surface area contributed by atoms with Crippen molar-refractivity contribution in [2.24, 2.45) is 34.5 Å². The molecule has 164 valence electrons. The highest BCUT2D eigenvalue weighted by molar-refractivity contribution is 6.74. The van der Waals surface area contributed by atoms with E-state index in [0.29, 0.717) is 35.7 Å². The maximum absolute atomic E-state index is 13.4. The molecule has 0 aromatic rings. The zero-order chi connectivity index (χ0) is 21.4. The Morgan fingerprint density at radius 2 is 1.69 bits per heavy atom. The third-order valence-electron chi connectivity index (χ3n) is 10.4. The van der Waals surface area contributed by atoms with Gasteiger partial charge in [-0.25, -0.2) is 0 Å². The fourth-order valence-electron chi connectivity index (χ4n) is 7.48. The van der Waals surface area contributed by atoms with Crippen LogP contribution in [-0.4, -0.2) is 26.0 Å². The Hall–Kier alpha value is -0.483. The molecule has 1 unspecified atom stereocenters. The number of carbonyl (C=O) groups is 2. The zero-order valence-corrected chi connectivity index (χ0v) is 20.8. The van der Waals surface area contributed by atoms with E-state index in [1.807, 2.05) is 0 Å². The van der Waals surface area contributed by atoms with E-state index < -0.39 is 8.32 Å². The van der Waals surface area contributed by atoms with Crippen LogP contribution in [0.3, 0.4) is 0 Å². The quantitative estimate of drug-likeness (QED) is 0.504. The van der Waals surface area contributed by atoms with Crippen LogP contribution in [0.15, 0.2) is 0 Å². The molecule has 0 aliphatic heterocycles. The summed E-state index contributed by atoms with van der Waals surface area (Å²) in [7, 11) is -1.81. The number of fused-ring (bicyclic) bond motifs is 5. The van der Waals surface area contributed by atoms with Crippen molar-refractivity contribution in [2.45, 2.75) is 110 Å². The van der Waals surface area contributed by atoms with Crippen molar-refractivity contribution in [2.75, 3.05) is 0 Å². The van der Waals surface area contributed by atoms with Crippen LogP contribution in [0.2, 0.25) is 18.1 Å². The van der Waals surface area contributed by atoms with Crippen LogP contribution in [0.4, 0.5) is 0 Å². The molecule has 0 N–H and O–H groups in total. The fourth-order valence-corrected chi connectivity index (χ4v) is 8.88. The van der Waals surface area contributed by atoms with Crippen LogP contribution in [0, 0.1) is 34.5 Å². The first-order chi connectivity index (χ1) is 13.3. The number of hydrogen-bond acceptors (Lipinski definition) is 3. The van der Waals surface area contributed by atoms with Gasteiger partial charge >= 0.3 is 0 Å². The molecule has 0 amide bonds. The van der Waals surface area contributed by atoms with E-state index in [-0.39, 0.29) is 27.9 Å². The van der Waals surface area contributed by atoms with E-state index in [9.17, 15) is 9.59 Å². The maximum Gasteiger partial charge on any atom is 0.192 e. The lowest BCUT2D eigenvalue weighted by molar-refractivity contribution is -0.159. The van der Waals surface area contributed by atoms with Gasteiger partial charge in [-0.05, 0) is 79.8 Å². The van der Waals surface area contributed by atoms with Crippen molar-refractivity contribution in [1.82, 2.24) is 0 Å².